The molecule has 0 aromatic rings. The lowest BCUT2D eigenvalue weighted by molar-refractivity contribution is 0.123. The summed E-state index contributed by atoms with van der Waals surface area (Å²) < 4.78 is 15.5. The van der Waals surface area contributed by atoms with E-state index in [4.69, 9.17) is 19.0 Å². The molecule has 0 fully saturated rings. The minimum absolute atomic E-state index is 0.644. The summed E-state index contributed by atoms with van der Waals surface area (Å²) in [4.78, 5) is 0. The second kappa shape index (κ2) is 11.1. The predicted octanol–water partition coefficient (Wildman–Crippen LogP) is 1.63. The van der Waals surface area contributed by atoms with Crippen LogP contribution in [0.4, 0.5) is 0 Å². The summed E-state index contributed by atoms with van der Waals surface area (Å²) in [6.07, 6.45) is 2.13. The molecule has 0 amide bonds. The van der Waals surface area contributed by atoms with Crippen molar-refractivity contribution in [1.29, 1.82) is 0 Å². The average molecular weight is 223 g/mol. The zero-order valence-electron chi connectivity index (χ0n) is 10.1. The van der Waals surface area contributed by atoms with Crippen molar-refractivity contribution in [1.82, 2.24) is 0 Å². The average Bonchev–Trinajstić information content (AvgIpc) is 2.22. The highest BCUT2D eigenvalue weighted by molar-refractivity contribution is 6.60. The Hall–Kier alpha value is 0.0569. The first-order valence-corrected chi connectivity index (χ1v) is 6.94. The van der Waals surface area contributed by atoms with E-state index in [1.165, 1.54) is 6.42 Å². The minimum atomic E-state index is -2.32. The summed E-state index contributed by atoms with van der Waals surface area (Å²) in [6, 6.07) is 0.785. The van der Waals surface area contributed by atoms with Gasteiger partial charge in [-0.2, -0.15) is 0 Å². The lowest BCUT2D eigenvalue weighted by Crippen LogP contribution is -2.42. The highest BCUT2D eigenvalue weighted by Crippen LogP contribution is 2.13. The van der Waals surface area contributed by atoms with Crippen molar-refractivity contribution in [3.8, 4) is 0 Å². The van der Waals surface area contributed by atoms with Gasteiger partial charge in [-0.15, -0.1) is 0 Å². The number of hydrogen-bond donors (Lipinski definition) is 1. The second-order valence-corrected chi connectivity index (χ2v) is 5.99. The van der Waals surface area contributed by atoms with Gasteiger partial charge < -0.3 is 19.0 Å². The molecule has 0 rings (SSSR count). The van der Waals surface area contributed by atoms with Crippen LogP contribution in [0.15, 0.2) is 0 Å². The summed E-state index contributed by atoms with van der Waals surface area (Å²) in [5.74, 6) is 0. The van der Waals surface area contributed by atoms with Gasteiger partial charge in [0.2, 0.25) is 0 Å². The van der Waals surface area contributed by atoms with Crippen molar-refractivity contribution in [2.24, 2.45) is 5.73 Å². The fraction of sp³-hybridized carbons (Fsp3) is 1.00. The first-order chi connectivity index (χ1) is 6.66. The van der Waals surface area contributed by atoms with E-state index < -0.39 is 8.80 Å². The largest absolute Gasteiger partial charge is 0.500 e. The molecule has 0 unspecified atom stereocenters. The van der Waals surface area contributed by atoms with Gasteiger partial charge in [0, 0.05) is 27.4 Å². The SMILES string of the molecule is CCC.CO[Si](CCCN)(OC)OC. The third kappa shape index (κ3) is 7.46. The molecule has 0 bridgehead atoms. The Morgan fingerprint density at radius 3 is 1.57 bits per heavy atom. The molecule has 0 saturated carbocycles. The first kappa shape index (κ1) is 16.5. The van der Waals surface area contributed by atoms with Crippen LogP contribution in [0.2, 0.25) is 6.04 Å². The molecule has 0 radical (unpaired) electrons. The summed E-state index contributed by atoms with van der Waals surface area (Å²) in [7, 11) is 2.50. The van der Waals surface area contributed by atoms with Crippen LogP contribution in [0, 0.1) is 0 Å². The first-order valence-electron chi connectivity index (χ1n) is 5.01. The summed E-state index contributed by atoms with van der Waals surface area (Å²) in [6.45, 7) is 4.89. The van der Waals surface area contributed by atoms with E-state index in [0.717, 1.165) is 12.5 Å². The van der Waals surface area contributed by atoms with Crippen LogP contribution < -0.4 is 5.73 Å². The molecule has 4 nitrogen and oxygen atoms in total. The molecular formula is C9H25NO3Si. The van der Waals surface area contributed by atoms with Gasteiger partial charge in [0.05, 0.1) is 0 Å². The molecule has 0 spiro atoms. The fourth-order valence-electron chi connectivity index (χ4n) is 0.875. The van der Waals surface area contributed by atoms with Crippen molar-refractivity contribution in [2.75, 3.05) is 27.9 Å². The molecule has 88 valence electrons. The van der Waals surface area contributed by atoms with Gasteiger partial charge in [-0.1, -0.05) is 20.3 Å². The highest BCUT2D eigenvalue weighted by Gasteiger charge is 2.36. The summed E-state index contributed by atoms with van der Waals surface area (Å²) in [5.41, 5.74) is 5.36. The molecule has 0 heterocycles. The van der Waals surface area contributed by atoms with Gasteiger partial charge in [-0.25, -0.2) is 0 Å². The molecule has 2 N–H and O–H groups in total. The lowest BCUT2D eigenvalue weighted by Gasteiger charge is -2.23. The van der Waals surface area contributed by atoms with Crippen molar-refractivity contribution in [3.05, 3.63) is 0 Å². The molecule has 0 aliphatic rings. The van der Waals surface area contributed by atoms with Gasteiger partial charge in [-0.05, 0) is 13.0 Å². The Balaban J connectivity index is 0. The molecule has 14 heavy (non-hydrogen) atoms. The maximum atomic E-state index is 5.36. The van der Waals surface area contributed by atoms with Gasteiger partial charge in [0.1, 0.15) is 0 Å². The van der Waals surface area contributed by atoms with Gasteiger partial charge in [0.25, 0.3) is 0 Å². The Morgan fingerprint density at radius 1 is 1.00 bits per heavy atom. The minimum Gasteiger partial charge on any atom is -0.377 e. The lowest BCUT2D eigenvalue weighted by atomic mass is 10.5. The molecule has 0 aliphatic heterocycles. The highest BCUT2D eigenvalue weighted by atomic mass is 28.4. The van der Waals surface area contributed by atoms with E-state index in [9.17, 15) is 0 Å². The smallest absolute Gasteiger partial charge is 0.377 e. The van der Waals surface area contributed by atoms with E-state index in [1.807, 2.05) is 0 Å². The van der Waals surface area contributed by atoms with Gasteiger partial charge in [0.15, 0.2) is 0 Å². The second-order valence-electron chi connectivity index (χ2n) is 2.89. The maximum Gasteiger partial charge on any atom is 0.500 e. The van der Waals surface area contributed by atoms with Crippen LogP contribution in [-0.4, -0.2) is 36.7 Å². The van der Waals surface area contributed by atoms with E-state index >= 15 is 0 Å². The third-order valence-electron chi connectivity index (χ3n) is 1.62. The van der Waals surface area contributed by atoms with Crippen molar-refractivity contribution in [2.45, 2.75) is 32.7 Å². The van der Waals surface area contributed by atoms with E-state index in [-0.39, 0.29) is 0 Å². The molecule has 5 heteroatoms. The number of hydrogen-bond acceptors (Lipinski definition) is 4. The van der Waals surface area contributed by atoms with Crippen molar-refractivity contribution >= 4 is 8.80 Å². The van der Waals surface area contributed by atoms with E-state index in [0.29, 0.717) is 6.54 Å². The van der Waals surface area contributed by atoms with Crippen molar-refractivity contribution < 1.29 is 13.3 Å². The molecule has 0 aromatic heterocycles. The quantitative estimate of drug-likeness (QED) is 0.695. The predicted molar refractivity (Wildman–Crippen MR) is 61.2 cm³/mol. The molecule has 0 atom stereocenters. The van der Waals surface area contributed by atoms with E-state index in [2.05, 4.69) is 13.8 Å². The van der Waals surface area contributed by atoms with Crippen LogP contribution in [-0.2, 0) is 13.3 Å². The Kier molecular flexibility index (Phi) is 13.1. The molecule has 0 aliphatic carbocycles. The Labute approximate surface area is 89.1 Å². The zero-order valence-corrected chi connectivity index (χ0v) is 11.1. The number of rotatable bonds is 6. The Morgan fingerprint density at radius 2 is 1.36 bits per heavy atom. The fourth-order valence-corrected chi connectivity index (χ4v) is 2.62. The van der Waals surface area contributed by atoms with Crippen LogP contribution in [0.25, 0.3) is 0 Å². The van der Waals surface area contributed by atoms with Crippen LogP contribution in [0.1, 0.15) is 26.7 Å². The topological polar surface area (TPSA) is 53.7 Å². The van der Waals surface area contributed by atoms with Gasteiger partial charge in [-0.3, -0.25) is 0 Å². The third-order valence-corrected chi connectivity index (χ3v) is 4.45. The van der Waals surface area contributed by atoms with Crippen LogP contribution >= 0.6 is 0 Å². The normalized spacial score (nSPS) is 10.7. The van der Waals surface area contributed by atoms with Crippen LogP contribution in [0.3, 0.4) is 0 Å². The summed E-state index contributed by atoms with van der Waals surface area (Å²) in [5, 5.41) is 0. The standard InChI is InChI=1S/C6H17NO3Si.C3H8/c1-8-11(9-2,10-3)6-4-5-7;1-3-2/h4-7H2,1-3H3;3H2,1-2H3. The van der Waals surface area contributed by atoms with Crippen LogP contribution in [0.5, 0.6) is 0 Å². The van der Waals surface area contributed by atoms with E-state index in [1.54, 1.807) is 21.3 Å². The monoisotopic (exact) mass is 223 g/mol. The van der Waals surface area contributed by atoms with Crippen molar-refractivity contribution in [3.63, 3.8) is 0 Å². The molecular weight excluding hydrogens is 198 g/mol. The molecule has 0 saturated heterocycles. The zero-order chi connectivity index (χ0) is 11.4. The number of nitrogens with two attached hydrogens (primary N) is 1. The summed E-state index contributed by atoms with van der Waals surface area (Å²) >= 11 is 0. The Bertz CT molecular complexity index is 102. The maximum absolute atomic E-state index is 5.36. The van der Waals surface area contributed by atoms with Gasteiger partial charge >= 0.3 is 8.80 Å². The molecule has 0 aromatic carbocycles.